The zero-order valence-electron chi connectivity index (χ0n) is 14.7. The first kappa shape index (κ1) is 16.8. The van der Waals surface area contributed by atoms with E-state index in [2.05, 4.69) is 41.5 Å². The number of carbonyl (C=O) groups excluding carboxylic acids is 1. The lowest BCUT2D eigenvalue weighted by atomic mass is 10.1. The molecular formula is C21H20N2O2S. The van der Waals surface area contributed by atoms with Gasteiger partial charge in [0.05, 0.1) is 12.8 Å². The quantitative estimate of drug-likeness (QED) is 0.703. The van der Waals surface area contributed by atoms with Crippen molar-refractivity contribution in [2.75, 3.05) is 12.4 Å². The highest BCUT2D eigenvalue weighted by Gasteiger charge is 2.44. The zero-order valence-corrected chi connectivity index (χ0v) is 15.5. The second kappa shape index (κ2) is 6.92. The Morgan fingerprint density at radius 1 is 1.15 bits per heavy atom. The lowest BCUT2D eigenvalue weighted by Crippen LogP contribution is -2.14. The number of thiazole rings is 1. The highest BCUT2D eigenvalue weighted by atomic mass is 32.1. The van der Waals surface area contributed by atoms with Gasteiger partial charge in [-0.25, -0.2) is 4.98 Å². The first-order valence-corrected chi connectivity index (χ1v) is 9.49. The number of rotatable bonds is 5. The maximum atomic E-state index is 12.5. The summed E-state index contributed by atoms with van der Waals surface area (Å²) < 4.78 is 5.18. The molecule has 132 valence electrons. The molecule has 4 nitrogen and oxygen atoms in total. The normalized spacial score (nSPS) is 18.4. The molecule has 1 N–H and O–H groups in total. The van der Waals surface area contributed by atoms with E-state index >= 15 is 0 Å². The van der Waals surface area contributed by atoms with Crippen LogP contribution in [0.5, 0.6) is 5.75 Å². The minimum Gasteiger partial charge on any atom is -0.497 e. The predicted molar refractivity (Wildman–Crippen MR) is 105 cm³/mol. The monoisotopic (exact) mass is 364 g/mol. The molecule has 0 spiro atoms. The third-order valence-corrected chi connectivity index (χ3v) is 5.51. The van der Waals surface area contributed by atoms with Gasteiger partial charge < -0.3 is 10.1 Å². The van der Waals surface area contributed by atoms with E-state index in [4.69, 9.17) is 4.74 Å². The van der Waals surface area contributed by atoms with E-state index in [0.717, 1.165) is 23.4 Å². The number of anilines is 1. The van der Waals surface area contributed by atoms with Gasteiger partial charge >= 0.3 is 0 Å². The average molecular weight is 364 g/mol. The van der Waals surface area contributed by atoms with Crippen molar-refractivity contribution in [1.82, 2.24) is 4.98 Å². The van der Waals surface area contributed by atoms with Gasteiger partial charge in [-0.05, 0) is 37.0 Å². The summed E-state index contributed by atoms with van der Waals surface area (Å²) in [7, 11) is 1.65. The average Bonchev–Trinajstić information content (AvgIpc) is 3.35. The number of hydrogen-bond donors (Lipinski definition) is 1. The summed E-state index contributed by atoms with van der Waals surface area (Å²) in [6, 6.07) is 16.2. The number of nitrogens with zero attached hydrogens (tertiary/aromatic N) is 1. The molecule has 26 heavy (non-hydrogen) atoms. The van der Waals surface area contributed by atoms with E-state index < -0.39 is 0 Å². The first-order valence-electron chi connectivity index (χ1n) is 8.61. The van der Waals surface area contributed by atoms with E-state index in [1.54, 1.807) is 7.11 Å². The molecule has 2 atom stereocenters. The summed E-state index contributed by atoms with van der Waals surface area (Å²) in [4.78, 5) is 17.1. The summed E-state index contributed by atoms with van der Waals surface area (Å²) in [5.41, 5.74) is 4.36. The zero-order chi connectivity index (χ0) is 18.1. The number of hydrogen-bond acceptors (Lipinski definition) is 4. The van der Waals surface area contributed by atoms with Crippen LogP contribution in [-0.2, 0) is 4.79 Å². The van der Waals surface area contributed by atoms with Gasteiger partial charge in [-0.1, -0.05) is 42.0 Å². The van der Waals surface area contributed by atoms with Crippen LogP contribution < -0.4 is 10.1 Å². The Balaban J connectivity index is 1.39. The summed E-state index contributed by atoms with van der Waals surface area (Å²) in [5, 5.41) is 5.61. The Morgan fingerprint density at radius 2 is 1.88 bits per heavy atom. The van der Waals surface area contributed by atoms with Crippen molar-refractivity contribution in [1.29, 1.82) is 0 Å². The minimum absolute atomic E-state index is 0.0233. The molecule has 1 saturated carbocycles. The third kappa shape index (κ3) is 3.48. The highest BCUT2D eigenvalue weighted by molar-refractivity contribution is 7.14. The van der Waals surface area contributed by atoms with Crippen molar-refractivity contribution in [2.45, 2.75) is 19.3 Å². The number of aromatic nitrogens is 1. The fourth-order valence-corrected chi connectivity index (χ4v) is 3.81. The fourth-order valence-electron chi connectivity index (χ4n) is 3.09. The molecule has 0 radical (unpaired) electrons. The summed E-state index contributed by atoms with van der Waals surface area (Å²) >= 11 is 1.46. The molecule has 1 aliphatic carbocycles. The lowest BCUT2D eigenvalue weighted by molar-refractivity contribution is -0.117. The van der Waals surface area contributed by atoms with Crippen LogP contribution in [0.1, 0.15) is 23.5 Å². The third-order valence-electron chi connectivity index (χ3n) is 4.75. The number of benzene rings is 2. The fraction of sp³-hybridized carbons (Fsp3) is 0.238. The Bertz CT molecular complexity index is 916. The van der Waals surface area contributed by atoms with Crippen LogP contribution in [0.25, 0.3) is 11.3 Å². The van der Waals surface area contributed by atoms with E-state index in [1.165, 1.54) is 22.5 Å². The number of carbonyl (C=O) groups is 1. The van der Waals surface area contributed by atoms with E-state index in [-0.39, 0.29) is 17.7 Å². The highest BCUT2D eigenvalue weighted by Crippen LogP contribution is 2.48. The molecule has 3 aromatic rings. The molecule has 4 rings (SSSR count). The Morgan fingerprint density at radius 3 is 2.58 bits per heavy atom. The van der Waals surface area contributed by atoms with Crippen LogP contribution >= 0.6 is 11.3 Å². The molecule has 0 aliphatic heterocycles. The second-order valence-electron chi connectivity index (χ2n) is 6.62. The lowest BCUT2D eigenvalue weighted by Gasteiger charge is -2.03. The van der Waals surface area contributed by atoms with Crippen molar-refractivity contribution >= 4 is 22.4 Å². The molecule has 1 aromatic heterocycles. The number of ether oxygens (including phenoxy) is 1. The maximum Gasteiger partial charge on any atom is 0.229 e. The maximum absolute atomic E-state index is 12.5. The summed E-state index contributed by atoms with van der Waals surface area (Å²) in [6.45, 7) is 2.06. The SMILES string of the molecule is COc1ccc(C2CC2C(=O)Nc2nc(-c3ccc(C)cc3)cs2)cc1. The molecule has 1 amide bonds. The summed E-state index contributed by atoms with van der Waals surface area (Å²) in [5.74, 6) is 1.20. The van der Waals surface area contributed by atoms with Crippen molar-refractivity contribution in [3.63, 3.8) is 0 Å². The van der Waals surface area contributed by atoms with Crippen LogP contribution in [-0.4, -0.2) is 18.0 Å². The summed E-state index contributed by atoms with van der Waals surface area (Å²) in [6.07, 6.45) is 0.883. The molecule has 0 bridgehead atoms. The van der Waals surface area contributed by atoms with E-state index in [9.17, 15) is 4.79 Å². The molecule has 2 aromatic carbocycles. The molecule has 5 heteroatoms. The minimum atomic E-state index is 0.0233. The van der Waals surface area contributed by atoms with Crippen LogP contribution in [0.2, 0.25) is 0 Å². The number of nitrogens with one attached hydrogen (secondary N) is 1. The molecule has 0 saturated heterocycles. The van der Waals surface area contributed by atoms with Gasteiger partial charge in [0.15, 0.2) is 5.13 Å². The molecule has 1 aliphatic rings. The van der Waals surface area contributed by atoms with Gasteiger partial charge in [-0.3, -0.25) is 4.79 Å². The Hall–Kier alpha value is -2.66. The van der Waals surface area contributed by atoms with Crippen molar-refractivity contribution in [3.8, 4) is 17.0 Å². The van der Waals surface area contributed by atoms with E-state index in [0.29, 0.717) is 5.13 Å². The number of amides is 1. The molecule has 2 unspecified atom stereocenters. The van der Waals surface area contributed by atoms with Gasteiger partial charge in [0.2, 0.25) is 5.91 Å². The van der Waals surface area contributed by atoms with Crippen LogP contribution in [0.3, 0.4) is 0 Å². The van der Waals surface area contributed by atoms with Gasteiger partial charge in [-0.15, -0.1) is 11.3 Å². The smallest absolute Gasteiger partial charge is 0.229 e. The topological polar surface area (TPSA) is 51.2 Å². The van der Waals surface area contributed by atoms with Crippen molar-refractivity contribution < 1.29 is 9.53 Å². The van der Waals surface area contributed by atoms with Crippen molar-refractivity contribution in [2.24, 2.45) is 5.92 Å². The van der Waals surface area contributed by atoms with Gasteiger partial charge in [-0.2, -0.15) is 0 Å². The van der Waals surface area contributed by atoms with Gasteiger partial charge in [0.25, 0.3) is 0 Å². The largest absolute Gasteiger partial charge is 0.497 e. The molecular weight excluding hydrogens is 344 g/mol. The first-order chi connectivity index (χ1) is 12.6. The van der Waals surface area contributed by atoms with Crippen LogP contribution in [0.15, 0.2) is 53.9 Å². The predicted octanol–water partition coefficient (Wildman–Crippen LogP) is 4.87. The van der Waals surface area contributed by atoms with E-state index in [1.807, 2.05) is 29.6 Å². The van der Waals surface area contributed by atoms with Gasteiger partial charge in [0.1, 0.15) is 5.75 Å². The van der Waals surface area contributed by atoms with Crippen molar-refractivity contribution in [3.05, 3.63) is 65.0 Å². The standard InChI is InChI=1S/C21H20N2O2S/c1-13-3-5-15(6-4-13)19-12-26-21(22-19)23-20(24)18-11-17(18)14-7-9-16(25-2)10-8-14/h3-10,12,17-18H,11H2,1-2H3,(H,22,23,24). The Labute approximate surface area is 156 Å². The molecule has 1 heterocycles. The molecule has 1 fully saturated rings. The number of methoxy groups -OCH3 is 1. The second-order valence-corrected chi connectivity index (χ2v) is 7.47. The number of aryl methyl sites for hydroxylation is 1. The van der Waals surface area contributed by atoms with Gasteiger partial charge in [0, 0.05) is 16.9 Å². The Kier molecular flexibility index (Phi) is 4.47. The van der Waals surface area contributed by atoms with Crippen LogP contribution in [0.4, 0.5) is 5.13 Å². The van der Waals surface area contributed by atoms with Crippen LogP contribution in [0, 0.1) is 12.8 Å².